The fourth-order valence-corrected chi connectivity index (χ4v) is 7.52. The number of hydrogen-bond donors (Lipinski definition) is 2. The summed E-state index contributed by atoms with van der Waals surface area (Å²) < 4.78 is 13.6. The number of anilines is 1. The van der Waals surface area contributed by atoms with E-state index >= 15 is 0 Å². The van der Waals surface area contributed by atoms with Gasteiger partial charge in [0.05, 0.1) is 29.9 Å². The first-order valence-corrected chi connectivity index (χ1v) is 15.8. The third-order valence-electron chi connectivity index (χ3n) is 8.22. The molecule has 2 N–H and O–H groups in total. The molecule has 1 saturated carbocycles. The summed E-state index contributed by atoms with van der Waals surface area (Å²) in [6.45, 7) is 3.63. The third kappa shape index (κ3) is 6.49. The lowest BCUT2D eigenvalue weighted by Gasteiger charge is -2.30. The number of nitrogens with zero attached hydrogens (tertiary/aromatic N) is 2. The van der Waals surface area contributed by atoms with Crippen LogP contribution < -0.4 is 14.8 Å². The van der Waals surface area contributed by atoms with E-state index in [-0.39, 0.29) is 12.5 Å². The molecule has 1 aliphatic rings. The van der Waals surface area contributed by atoms with Crippen LogP contribution in [-0.2, 0) is 17.8 Å². The molecule has 2 aromatic heterocycles. The second-order valence-corrected chi connectivity index (χ2v) is 12.8. The number of methoxy groups -OCH3 is 2. The van der Waals surface area contributed by atoms with Crippen molar-refractivity contribution in [1.29, 1.82) is 0 Å². The van der Waals surface area contributed by atoms with Crippen LogP contribution in [0.25, 0.3) is 10.9 Å². The van der Waals surface area contributed by atoms with E-state index in [4.69, 9.17) is 9.47 Å². The van der Waals surface area contributed by atoms with Crippen LogP contribution in [0.3, 0.4) is 0 Å². The van der Waals surface area contributed by atoms with Crippen molar-refractivity contribution in [2.45, 2.75) is 64.8 Å². The van der Waals surface area contributed by atoms with E-state index in [9.17, 15) is 14.7 Å². The minimum atomic E-state index is -0.997. The number of benzene rings is 2. The summed E-state index contributed by atoms with van der Waals surface area (Å²) in [5.41, 5.74) is 5.28. The van der Waals surface area contributed by atoms with Gasteiger partial charge in [-0.15, -0.1) is 11.3 Å². The number of halogens is 1. The van der Waals surface area contributed by atoms with E-state index in [0.717, 1.165) is 82.2 Å². The number of aryl methyl sites for hydroxylation is 3. The van der Waals surface area contributed by atoms with Gasteiger partial charge in [-0.05, 0) is 109 Å². The van der Waals surface area contributed by atoms with Gasteiger partial charge in [0.2, 0.25) is 0 Å². The minimum absolute atomic E-state index is 0.288. The zero-order valence-electron chi connectivity index (χ0n) is 24.3. The lowest BCUT2D eigenvalue weighted by molar-refractivity contribution is -0.137. The Bertz CT molecular complexity index is 1620. The van der Waals surface area contributed by atoms with Crippen LogP contribution in [0.2, 0.25) is 0 Å². The van der Waals surface area contributed by atoms with Gasteiger partial charge in [0.1, 0.15) is 23.7 Å². The number of fused-ring (bicyclic) bond motifs is 1. The third-order valence-corrected chi connectivity index (χ3v) is 9.65. The Morgan fingerprint density at radius 2 is 1.81 bits per heavy atom. The molecule has 0 saturated heterocycles. The molecular weight excluding hydrogens is 618 g/mol. The molecule has 0 aliphatic heterocycles. The molecule has 1 fully saturated rings. The van der Waals surface area contributed by atoms with E-state index in [1.165, 1.54) is 16.9 Å². The second-order valence-electron chi connectivity index (χ2n) is 11.1. The molecule has 2 aromatic carbocycles. The number of nitrogens with one attached hydrogen (secondary N) is 1. The molecule has 222 valence electrons. The second kappa shape index (κ2) is 12.9. The molecule has 0 unspecified atom stereocenters. The number of carbonyl (C=O) groups is 2. The quantitative estimate of drug-likeness (QED) is 0.181. The summed E-state index contributed by atoms with van der Waals surface area (Å²) in [6, 6.07) is 9.82. The normalized spacial score (nSPS) is 16.9. The lowest BCUT2D eigenvalue weighted by Crippen LogP contribution is -2.20. The van der Waals surface area contributed by atoms with Crippen LogP contribution in [0.15, 0.2) is 40.2 Å². The number of rotatable bonds is 10. The van der Waals surface area contributed by atoms with E-state index < -0.39 is 5.97 Å². The number of ether oxygens (including phenoxy) is 2. The van der Waals surface area contributed by atoms with Crippen molar-refractivity contribution >= 4 is 55.2 Å². The van der Waals surface area contributed by atoms with Gasteiger partial charge in [0, 0.05) is 16.8 Å². The highest BCUT2D eigenvalue weighted by Crippen LogP contribution is 2.44. The van der Waals surface area contributed by atoms with E-state index in [1.807, 2.05) is 37.4 Å². The summed E-state index contributed by atoms with van der Waals surface area (Å²) in [4.78, 5) is 29.6. The van der Waals surface area contributed by atoms with Crippen molar-refractivity contribution in [2.75, 3.05) is 19.5 Å². The Morgan fingerprint density at radius 3 is 2.50 bits per heavy atom. The topological polar surface area (TPSA) is 103 Å². The van der Waals surface area contributed by atoms with Crippen LogP contribution in [0, 0.1) is 19.8 Å². The Morgan fingerprint density at radius 1 is 1.07 bits per heavy atom. The molecule has 5 rings (SSSR count). The van der Waals surface area contributed by atoms with Crippen molar-refractivity contribution < 1.29 is 24.2 Å². The van der Waals surface area contributed by atoms with Crippen LogP contribution in [-0.4, -0.2) is 40.8 Å². The number of carbonyl (C=O) groups excluding carboxylic acids is 1. The summed E-state index contributed by atoms with van der Waals surface area (Å²) in [6.07, 6.45) is 6.44. The first-order valence-electron chi connectivity index (χ1n) is 14.2. The number of hydrogen-bond acceptors (Lipinski definition) is 6. The molecule has 0 atom stereocenters. The van der Waals surface area contributed by atoms with Crippen LogP contribution in [0.5, 0.6) is 11.5 Å². The fraction of sp³-hybridized carbons (Fsp3) is 0.406. The highest BCUT2D eigenvalue weighted by atomic mass is 79.9. The highest BCUT2D eigenvalue weighted by molar-refractivity contribution is 9.10. The molecular formula is C32H36BrN3O5S. The standard InChI is InChI=1S/C32H36BrN3O5S/c1-18-11-19(2)30-22(12-18)13-26(36(30)16-29(37)38)31(39)35-32-34-23(17-42-32)10-7-20-5-8-21(9-6-20)24-14-25(33)28(41-4)15-27(24)40-3/h11-15,17,20-21H,5-10,16H2,1-4H3,(H,37,38)(H,34,35,39). The van der Waals surface area contributed by atoms with Crippen molar-refractivity contribution in [3.05, 3.63) is 68.3 Å². The van der Waals surface area contributed by atoms with Crippen LogP contribution in [0.4, 0.5) is 5.13 Å². The maximum absolute atomic E-state index is 13.3. The monoisotopic (exact) mass is 653 g/mol. The van der Waals surface area contributed by atoms with Gasteiger partial charge in [-0.25, -0.2) is 4.98 Å². The lowest BCUT2D eigenvalue weighted by atomic mass is 9.77. The number of amides is 1. The van der Waals surface area contributed by atoms with E-state index in [0.29, 0.717) is 22.7 Å². The van der Waals surface area contributed by atoms with Gasteiger partial charge >= 0.3 is 5.97 Å². The maximum atomic E-state index is 13.3. The number of carboxylic acid groups (broad SMARTS) is 1. The predicted octanol–water partition coefficient (Wildman–Crippen LogP) is 7.74. The number of carboxylic acids is 1. The largest absolute Gasteiger partial charge is 0.496 e. The van der Waals surface area contributed by atoms with Crippen molar-refractivity contribution in [3.63, 3.8) is 0 Å². The predicted molar refractivity (Wildman–Crippen MR) is 169 cm³/mol. The average Bonchev–Trinajstić information content (AvgIpc) is 3.56. The minimum Gasteiger partial charge on any atom is -0.496 e. The van der Waals surface area contributed by atoms with E-state index in [1.54, 1.807) is 24.9 Å². The molecule has 2 heterocycles. The SMILES string of the molecule is COc1cc(OC)c(C2CCC(CCc3csc(NC(=O)c4cc5cc(C)cc(C)c5n4CC(=O)O)n3)CC2)cc1Br. The fourth-order valence-electron chi connectivity index (χ4n) is 6.26. The molecule has 4 aromatic rings. The Hall–Kier alpha value is -3.37. The van der Waals surface area contributed by atoms with Crippen LogP contribution >= 0.6 is 27.3 Å². The summed E-state index contributed by atoms with van der Waals surface area (Å²) in [7, 11) is 3.37. The zero-order chi connectivity index (χ0) is 30.0. The van der Waals surface area contributed by atoms with Crippen molar-refractivity contribution in [2.24, 2.45) is 5.92 Å². The summed E-state index contributed by atoms with van der Waals surface area (Å²) in [5.74, 6) is 1.39. The molecule has 42 heavy (non-hydrogen) atoms. The van der Waals surface area contributed by atoms with Gasteiger partial charge < -0.3 is 19.1 Å². The Balaban J connectivity index is 1.19. The maximum Gasteiger partial charge on any atom is 0.323 e. The van der Waals surface area contributed by atoms with Gasteiger partial charge in [-0.3, -0.25) is 14.9 Å². The molecule has 8 nitrogen and oxygen atoms in total. The molecule has 1 amide bonds. The Kier molecular flexibility index (Phi) is 9.22. The van der Waals surface area contributed by atoms with Gasteiger partial charge in [0.15, 0.2) is 5.13 Å². The molecule has 1 aliphatic carbocycles. The first kappa shape index (κ1) is 30.1. The number of aliphatic carboxylic acids is 1. The summed E-state index contributed by atoms with van der Waals surface area (Å²) in [5, 5.41) is 15.8. The van der Waals surface area contributed by atoms with Crippen molar-refractivity contribution in [1.82, 2.24) is 9.55 Å². The smallest absolute Gasteiger partial charge is 0.323 e. The van der Waals surface area contributed by atoms with Crippen molar-refractivity contribution in [3.8, 4) is 11.5 Å². The molecule has 0 radical (unpaired) electrons. The first-order chi connectivity index (χ1) is 20.2. The van der Waals surface area contributed by atoms with Gasteiger partial charge in [0.25, 0.3) is 5.91 Å². The van der Waals surface area contributed by atoms with Gasteiger partial charge in [-0.1, -0.05) is 11.6 Å². The molecule has 10 heteroatoms. The van der Waals surface area contributed by atoms with Gasteiger partial charge in [-0.2, -0.15) is 0 Å². The zero-order valence-corrected chi connectivity index (χ0v) is 26.7. The van der Waals surface area contributed by atoms with Crippen LogP contribution in [0.1, 0.15) is 70.9 Å². The molecule has 0 spiro atoms. The average molecular weight is 655 g/mol. The number of aromatic nitrogens is 2. The van der Waals surface area contributed by atoms with E-state index in [2.05, 4.69) is 32.3 Å². The highest BCUT2D eigenvalue weighted by Gasteiger charge is 2.26. The summed E-state index contributed by atoms with van der Waals surface area (Å²) >= 11 is 5.02. The molecule has 0 bridgehead atoms. The number of thiazole rings is 1. The Labute approximate surface area is 258 Å².